The van der Waals surface area contributed by atoms with Gasteiger partial charge in [-0.3, -0.25) is 0 Å². The number of halogens is 3. The Morgan fingerprint density at radius 3 is 2.12 bits per heavy atom. The lowest BCUT2D eigenvalue weighted by Gasteiger charge is -2.24. The molecule has 134 valence electrons. The quantitative estimate of drug-likeness (QED) is 0.722. The third kappa shape index (κ3) is 4.24. The van der Waals surface area contributed by atoms with Gasteiger partial charge in [0.1, 0.15) is 0 Å². The van der Waals surface area contributed by atoms with Crippen LogP contribution in [0, 0.1) is 0 Å². The van der Waals surface area contributed by atoms with Crippen molar-refractivity contribution < 1.29 is 13.2 Å². The lowest BCUT2D eigenvalue weighted by molar-refractivity contribution is -0.137. The molecule has 1 N–H and O–H groups in total. The van der Waals surface area contributed by atoms with Crippen molar-refractivity contribution in [2.45, 2.75) is 44.7 Å². The van der Waals surface area contributed by atoms with Crippen LogP contribution in [0.15, 0.2) is 42.5 Å². The first-order valence-electron chi connectivity index (χ1n) is 8.88. The van der Waals surface area contributed by atoms with E-state index >= 15 is 0 Å². The minimum absolute atomic E-state index is 0.192. The molecule has 2 aromatic carbocycles. The Balaban J connectivity index is 2.02. The van der Waals surface area contributed by atoms with Crippen molar-refractivity contribution in [3.8, 4) is 11.1 Å². The monoisotopic (exact) mass is 347 g/mol. The van der Waals surface area contributed by atoms with Crippen LogP contribution in [-0.2, 0) is 6.18 Å². The minimum atomic E-state index is -4.32. The molecule has 0 spiro atoms. The molecule has 1 nitrogen and oxygen atoms in total. The molecule has 1 aliphatic heterocycles. The molecule has 0 saturated carbocycles. The molecule has 1 heterocycles. The van der Waals surface area contributed by atoms with Gasteiger partial charge in [0, 0.05) is 0 Å². The number of hydrogen-bond acceptors (Lipinski definition) is 1. The smallest absolute Gasteiger partial charge is 0.317 e. The van der Waals surface area contributed by atoms with Gasteiger partial charge >= 0.3 is 6.18 Å². The predicted octanol–water partition coefficient (Wildman–Crippen LogP) is 5.96. The van der Waals surface area contributed by atoms with Gasteiger partial charge in [-0.2, -0.15) is 13.2 Å². The highest BCUT2D eigenvalue weighted by Gasteiger charge is 2.32. The van der Waals surface area contributed by atoms with Gasteiger partial charge in [0.15, 0.2) is 0 Å². The Kier molecular flexibility index (Phi) is 5.19. The summed E-state index contributed by atoms with van der Waals surface area (Å²) in [5.74, 6) is 0.595. The van der Waals surface area contributed by atoms with Crippen LogP contribution in [0.3, 0.4) is 0 Å². The highest BCUT2D eigenvalue weighted by Crippen LogP contribution is 2.37. The van der Waals surface area contributed by atoms with Crippen molar-refractivity contribution in [3.05, 3.63) is 59.2 Å². The summed E-state index contributed by atoms with van der Waals surface area (Å²) >= 11 is 0. The molecule has 2 aromatic rings. The zero-order valence-corrected chi connectivity index (χ0v) is 14.7. The van der Waals surface area contributed by atoms with Crippen LogP contribution in [0.2, 0.25) is 0 Å². The van der Waals surface area contributed by atoms with Crippen molar-refractivity contribution in [1.29, 1.82) is 0 Å². The molecule has 4 heteroatoms. The number of nitrogens with one attached hydrogen (secondary N) is 1. The summed E-state index contributed by atoms with van der Waals surface area (Å²) in [6.07, 6.45) is -2.56. The van der Waals surface area contributed by atoms with Gasteiger partial charge in [0.25, 0.3) is 0 Å². The minimum Gasteiger partial charge on any atom is -0.317 e. The Morgan fingerprint density at radius 2 is 1.56 bits per heavy atom. The van der Waals surface area contributed by atoms with Crippen LogP contribution in [0.1, 0.15) is 55.2 Å². The maximum Gasteiger partial charge on any atom is 0.416 e. The maximum absolute atomic E-state index is 13.4. The van der Waals surface area contributed by atoms with E-state index in [1.807, 2.05) is 30.3 Å². The molecule has 1 aliphatic rings. The van der Waals surface area contributed by atoms with Gasteiger partial charge in [-0.15, -0.1) is 0 Å². The Bertz CT molecular complexity index is 711. The van der Waals surface area contributed by atoms with E-state index in [4.69, 9.17) is 0 Å². The molecule has 0 aromatic heterocycles. The number of rotatable bonds is 3. The fourth-order valence-corrected chi connectivity index (χ4v) is 3.43. The van der Waals surface area contributed by atoms with Gasteiger partial charge in [0.05, 0.1) is 5.56 Å². The van der Waals surface area contributed by atoms with E-state index in [2.05, 4.69) is 19.2 Å². The summed E-state index contributed by atoms with van der Waals surface area (Å²) in [6.45, 7) is 5.93. The third-order valence-corrected chi connectivity index (χ3v) is 5.00. The van der Waals surface area contributed by atoms with Crippen LogP contribution in [0.25, 0.3) is 11.1 Å². The molecule has 1 saturated heterocycles. The van der Waals surface area contributed by atoms with Gasteiger partial charge in [-0.1, -0.05) is 44.2 Å². The predicted molar refractivity (Wildman–Crippen MR) is 95.8 cm³/mol. The van der Waals surface area contributed by atoms with Crippen molar-refractivity contribution >= 4 is 0 Å². The highest BCUT2D eigenvalue weighted by atomic mass is 19.4. The van der Waals surface area contributed by atoms with E-state index in [1.165, 1.54) is 17.7 Å². The van der Waals surface area contributed by atoms with Gasteiger partial charge < -0.3 is 5.32 Å². The summed E-state index contributed by atoms with van der Waals surface area (Å²) in [6, 6.07) is 12.4. The molecule has 0 unspecified atom stereocenters. The van der Waals surface area contributed by atoms with E-state index in [9.17, 15) is 13.2 Å². The van der Waals surface area contributed by atoms with Crippen molar-refractivity contribution in [1.82, 2.24) is 5.32 Å². The Morgan fingerprint density at radius 1 is 0.920 bits per heavy atom. The second-order valence-corrected chi connectivity index (χ2v) is 7.14. The Labute approximate surface area is 147 Å². The van der Waals surface area contributed by atoms with E-state index in [-0.39, 0.29) is 5.92 Å². The topological polar surface area (TPSA) is 12.0 Å². The van der Waals surface area contributed by atoms with Gasteiger partial charge in [-0.05, 0) is 72.2 Å². The summed E-state index contributed by atoms with van der Waals surface area (Å²) < 4.78 is 40.2. The first kappa shape index (κ1) is 18.0. The lowest BCUT2D eigenvalue weighted by atomic mass is 9.87. The standard InChI is InChI=1S/C21H24F3N/c1-14(2)15-3-5-16(6-4-15)18-11-19(17-7-9-25-10-8-17)13-20(12-18)21(22,23)24/h3-6,11-14,17,25H,7-10H2,1-2H3. The Hall–Kier alpha value is -1.81. The van der Waals surface area contributed by atoms with Crippen LogP contribution >= 0.6 is 0 Å². The fourth-order valence-electron chi connectivity index (χ4n) is 3.43. The molecular weight excluding hydrogens is 323 g/mol. The molecule has 0 aliphatic carbocycles. The van der Waals surface area contributed by atoms with E-state index in [0.717, 1.165) is 37.1 Å². The number of alkyl halides is 3. The molecule has 25 heavy (non-hydrogen) atoms. The maximum atomic E-state index is 13.4. The van der Waals surface area contributed by atoms with Crippen LogP contribution in [0.4, 0.5) is 13.2 Å². The molecule has 0 amide bonds. The van der Waals surface area contributed by atoms with E-state index < -0.39 is 11.7 Å². The molecule has 0 radical (unpaired) electrons. The molecule has 0 bridgehead atoms. The van der Waals surface area contributed by atoms with Crippen LogP contribution < -0.4 is 5.32 Å². The SMILES string of the molecule is CC(C)c1ccc(-c2cc(C3CCNCC3)cc(C(F)(F)F)c2)cc1. The molecule has 1 fully saturated rings. The third-order valence-electron chi connectivity index (χ3n) is 5.00. The number of hydrogen-bond donors (Lipinski definition) is 1. The van der Waals surface area contributed by atoms with Gasteiger partial charge in [-0.25, -0.2) is 0 Å². The van der Waals surface area contributed by atoms with E-state index in [1.54, 1.807) is 0 Å². The highest BCUT2D eigenvalue weighted by molar-refractivity contribution is 5.66. The lowest BCUT2D eigenvalue weighted by Crippen LogP contribution is -2.26. The number of benzene rings is 2. The number of piperidine rings is 1. The summed E-state index contributed by atoms with van der Waals surface area (Å²) in [4.78, 5) is 0. The molecule has 3 rings (SSSR count). The van der Waals surface area contributed by atoms with Gasteiger partial charge in [0.2, 0.25) is 0 Å². The first-order chi connectivity index (χ1) is 11.8. The first-order valence-corrected chi connectivity index (χ1v) is 8.88. The van der Waals surface area contributed by atoms with Crippen LogP contribution in [-0.4, -0.2) is 13.1 Å². The largest absolute Gasteiger partial charge is 0.416 e. The average molecular weight is 347 g/mol. The fraction of sp³-hybridized carbons (Fsp3) is 0.429. The van der Waals surface area contributed by atoms with Crippen LogP contribution in [0.5, 0.6) is 0 Å². The summed E-state index contributed by atoms with van der Waals surface area (Å²) in [5, 5.41) is 3.27. The van der Waals surface area contributed by atoms with Crippen molar-refractivity contribution in [2.75, 3.05) is 13.1 Å². The molecule has 0 atom stereocenters. The van der Waals surface area contributed by atoms with Crippen molar-refractivity contribution in [3.63, 3.8) is 0 Å². The zero-order valence-electron chi connectivity index (χ0n) is 14.7. The second kappa shape index (κ2) is 7.20. The second-order valence-electron chi connectivity index (χ2n) is 7.14. The average Bonchev–Trinajstić information content (AvgIpc) is 2.61. The van der Waals surface area contributed by atoms with E-state index in [0.29, 0.717) is 11.5 Å². The summed E-state index contributed by atoms with van der Waals surface area (Å²) in [7, 11) is 0. The normalized spacial score (nSPS) is 16.4. The zero-order chi connectivity index (χ0) is 18.0. The molecular formula is C21H24F3N. The summed E-state index contributed by atoms with van der Waals surface area (Å²) in [5.41, 5.74) is 2.93. The van der Waals surface area contributed by atoms with Crippen molar-refractivity contribution in [2.24, 2.45) is 0 Å².